The third-order valence-corrected chi connectivity index (χ3v) is 6.32. The summed E-state index contributed by atoms with van der Waals surface area (Å²) in [7, 11) is 0. The molecule has 1 fully saturated rings. The number of anilines is 1. The first-order chi connectivity index (χ1) is 14.7. The average Bonchev–Trinajstić information content (AvgIpc) is 3.31. The first-order valence-electron chi connectivity index (χ1n) is 11.5. The van der Waals surface area contributed by atoms with E-state index in [9.17, 15) is 4.79 Å². The quantitative estimate of drug-likeness (QED) is 0.397. The molecule has 4 nitrogen and oxygen atoms in total. The third-order valence-electron chi connectivity index (χ3n) is 6.32. The minimum atomic E-state index is 0.143. The van der Waals surface area contributed by atoms with Crippen molar-refractivity contribution < 1.29 is 4.79 Å². The normalized spacial score (nSPS) is 16.7. The minimum Gasteiger partial charge on any atom is -0.328 e. The van der Waals surface area contributed by atoms with Gasteiger partial charge in [-0.15, -0.1) is 0 Å². The van der Waals surface area contributed by atoms with Gasteiger partial charge >= 0.3 is 0 Å². The maximum Gasteiger partial charge on any atom is 0.227 e. The number of nitrogens with zero attached hydrogens (tertiary/aromatic N) is 3. The van der Waals surface area contributed by atoms with Gasteiger partial charge in [-0.05, 0) is 37.1 Å². The van der Waals surface area contributed by atoms with Crippen LogP contribution in [0.2, 0.25) is 0 Å². The monoisotopic (exact) mass is 403 g/mol. The lowest BCUT2D eigenvalue weighted by Gasteiger charge is -2.19. The molecule has 0 N–H and O–H groups in total. The van der Waals surface area contributed by atoms with Crippen molar-refractivity contribution in [2.24, 2.45) is 0 Å². The zero-order valence-corrected chi connectivity index (χ0v) is 18.3. The van der Waals surface area contributed by atoms with E-state index in [1.807, 2.05) is 23.1 Å². The van der Waals surface area contributed by atoms with E-state index < -0.39 is 0 Å². The summed E-state index contributed by atoms with van der Waals surface area (Å²) >= 11 is 0. The first-order valence-corrected chi connectivity index (χ1v) is 11.5. The van der Waals surface area contributed by atoms with Gasteiger partial charge in [0.25, 0.3) is 0 Å². The van der Waals surface area contributed by atoms with Gasteiger partial charge in [0.1, 0.15) is 5.82 Å². The molecular weight excluding hydrogens is 370 g/mol. The largest absolute Gasteiger partial charge is 0.328 e. The SMILES string of the molecule is CCCCCCCCn1c([C@@H]2CC(=O)N(c3ccccc3C)C2)nc2ccccc21. The fraction of sp³-hybridized carbons (Fsp3) is 0.462. The highest BCUT2D eigenvalue weighted by Gasteiger charge is 2.35. The van der Waals surface area contributed by atoms with Crippen molar-refractivity contribution in [3.05, 3.63) is 59.9 Å². The molecule has 3 aromatic rings. The maximum atomic E-state index is 12.9. The zero-order valence-electron chi connectivity index (χ0n) is 18.3. The minimum absolute atomic E-state index is 0.143. The second kappa shape index (κ2) is 9.46. The smallest absolute Gasteiger partial charge is 0.227 e. The summed E-state index contributed by atoms with van der Waals surface area (Å²) in [4.78, 5) is 19.8. The highest BCUT2D eigenvalue weighted by molar-refractivity contribution is 5.97. The molecule has 1 aliphatic heterocycles. The van der Waals surface area contributed by atoms with Crippen molar-refractivity contribution in [3.63, 3.8) is 0 Å². The number of amides is 1. The van der Waals surface area contributed by atoms with E-state index in [-0.39, 0.29) is 11.8 Å². The number of rotatable bonds is 9. The molecule has 2 heterocycles. The third kappa shape index (κ3) is 4.28. The van der Waals surface area contributed by atoms with Gasteiger partial charge in [0.15, 0.2) is 0 Å². The van der Waals surface area contributed by atoms with Gasteiger partial charge in [0.2, 0.25) is 5.91 Å². The Balaban J connectivity index is 1.55. The van der Waals surface area contributed by atoms with Crippen LogP contribution in [0.25, 0.3) is 11.0 Å². The van der Waals surface area contributed by atoms with Crippen molar-refractivity contribution in [2.75, 3.05) is 11.4 Å². The molecule has 0 unspecified atom stereocenters. The van der Waals surface area contributed by atoms with Crippen LogP contribution in [-0.4, -0.2) is 22.0 Å². The summed E-state index contributed by atoms with van der Waals surface area (Å²) in [6.45, 7) is 6.03. The number of carbonyl (C=O) groups excluding carboxylic acids is 1. The van der Waals surface area contributed by atoms with Gasteiger partial charge < -0.3 is 9.47 Å². The molecule has 1 saturated heterocycles. The van der Waals surface area contributed by atoms with Gasteiger partial charge in [0, 0.05) is 31.1 Å². The van der Waals surface area contributed by atoms with E-state index in [0.29, 0.717) is 13.0 Å². The molecule has 1 atom stereocenters. The summed E-state index contributed by atoms with van der Waals surface area (Å²) in [5, 5.41) is 0. The van der Waals surface area contributed by atoms with Gasteiger partial charge in [-0.2, -0.15) is 0 Å². The molecule has 0 saturated carbocycles. The molecule has 0 bridgehead atoms. The van der Waals surface area contributed by atoms with E-state index in [0.717, 1.165) is 29.1 Å². The molecule has 0 spiro atoms. The predicted molar refractivity (Wildman–Crippen MR) is 124 cm³/mol. The molecule has 0 aliphatic carbocycles. The first kappa shape index (κ1) is 20.6. The fourth-order valence-corrected chi connectivity index (χ4v) is 4.67. The highest BCUT2D eigenvalue weighted by Crippen LogP contribution is 2.34. The van der Waals surface area contributed by atoms with Crippen molar-refractivity contribution in [1.82, 2.24) is 9.55 Å². The number of aryl methyl sites for hydroxylation is 2. The van der Waals surface area contributed by atoms with Crippen LogP contribution >= 0.6 is 0 Å². The van der Waals surface area contributed by atoms with Gasteiger partial charge in [-0.1, -0.05) is 69.4 Å². The van der Waals surface area contributed by atoms with Crippen LogP contribution in [0.5, 0.6) is 0 Å². The maximum absolute atomic E-state index is 12.9. The molecule has 158 valence electrons. The Morgan fingerprint density at radius 1 is 0.967 bits per heavy atom. The predicted octanol–water partition coefficient (Wildman–Crippen LogP) is 6.23. The Bertz CT molecular complexity index is 1010. The standard InChI is InChI=1S/C26H33N3O/c1-3-4-5-6-7-12-17-28-24-16-11-9-14-22(24)27-26(28)21-18-25(30)29(19-21)23-15-10-8-13-20(23)2/h8-11,13-16,21H,3-7,12,17-19H2,1-2H3/t21-/m1/s1. The number of fused-ring (bicyclic) bond motifs is 1. The fourth-order valence-electron chi connectivity index (χ4n) is 4.67. The summed E-state index contributed by atoms with van der Waals surface area (Å²) in [6, 6.07) is 16.6. The second-order valence-electron chi connectivity index (χ2n) is 8.57. The average molecular weight is 404 g/mol. The number of hydrogen-bond donors (Lipinski definition) is 0. The Morgan fingerprint density at radius 3 is 2.53 bits per heavy atom. The summed E-state index contributed by atoms with van der Waals surface area (Å²) in [5.41, 5.74) is 4.42. The molecule has 30 heavy (non-hydrogen) atoms. The van der Waals surface area contributed by atoms with Crippen LogP contribution in [-0.2, 0) is 11.3 Å². The number of benzene rings is 2. The molecule has 4 heteroatoms. The highest BCUT2D eigenvalue weighted by atomic mass is 16.2. The van der Waals surface area contributed by atoms with Crippen LogP contribution in [0, 0.1) is 6.92 Å². The van der Waals surface area contributed by atoms with Crippen LogP contribution in [0.1, 0.15) is 69.2 Å². The Hall–Kier alpha value is -2.62. The Morgan fingerprint density at radius 2 is 1.70 bits per heavy atom. The van der Waals surface area contributed by atoms with E-state index in [4.69, 9.17) is 4.98 Å². The van der Waals surface area contributed by atoms with Gasteiger partial charge in [-0.25, -0.2) is 4.98 Å². The molecule has 0 radical (unpaired) electrons. The number of carbonyl (C=O) groups is 1. The van der Waals surface area contributed by atoms with Crippen LogP contribution in [0.15, 0.2) is 48.5 Å². The number of imidazole rings is 1. The lowest BCUT2D eigenvalue weighted by molar-refractivity contribution is -0.117. The van der Waals surface area contributed by atoms with Crippen molar-refractivity contribution in [1.29, 1.82) is 0 Å². The number of para-hydroxylation sites is 3. The Labute approximate surface area is 179 Å². The number of unbranched alkanes of at least 4 members (excludes halogenated alkanes) is 5. The van der Waals surface area contributed by atoms with Crippen molar-refractivity contribution >= 4 is 22.6 Å². The zero-order chi connectivity index (χ0) is 20.9. The lowest BCUT2D eigenvalue weighted by atomic mass is 10.1. The van der Waals surface area contributed by atoms with Crippen LogP contribution in [0.4, 0.5) is 5.69 Å². The molecular formula is C26H33N3O. The number of aromatic nitrogens is 2. The van der Waals surface area contributed by atoms with Crippen LogP contribution < -0.4 is 4.90 Å². The van der Waals surface area contributed by atoms with E-state index >= 15 is 0 Å². The van der Waals surface area contributed by atoms with Crippen molar-refractivity contribution in [3.8, 4) is 0 Å². The molecule has 4 rings (SSSR count). The van der Waals surface area contributed by atoms with Crippen LogP contribution in [0.3, 0.4) is 0 Å². The second-order valence-corrected chi connectivity index (χ2v) is 8.57. The summed E-state index contributed by atoms with van der Waals surface area (Å²) in [5.74, 6) is 1.42. The summed E-state index contributed by atoms with van der Waals surface area (Å²) in [6.07, 6.45) is 8.20. The number of hydrogen-bond acceptors (Lipinski definition) is 2. The topological polar surface area (TPSA) is 38.1 Å². The molecule has 2 aromatic carbocycles. The van der Waals surface area contributed by atoms with E-state index in [1.165, 1.54) is 44.0 Å². The van der Waals surface area contributed by atoms with Gasteiger partial charge in [-0.3, -0.25) is 4.79 Å². The van der Waals surface area contributed by atoms with Crippen molar-refractivity contribution in [2.45, 2.75) is 71.3 Å². The Kier molecular flexibility index (Phi) is 6.51. The molecule has 1 aromatic heterocycles. The van der Waals surface area contributed by atoms with E-state index in [1.54, 1.807) is 0 Å². The van der Waals surface area contributed by atoms with E-state index in [2.05, 4.69) is 48.7 Å². The lowest BCUT2D eigenvalue weighted by Crippen LogP contribution is -2.25. The molecule has 1 amide bonds. The summed E-state index contributed by atoms with van der Waals surface area (Å²) < 4.78 is 2.38. The molecule has 1 aliphatic rings. The van der Waals surface area contributed by atoms with Gasteiger partial charge in [0.05, 0.1) is 11.0 Å².